The minimum atomic E-state index is -1.65. The number of amides is 1. The van der Waals surface area contributed by atoms with Gasteiger partial charge in [-0.2, -0.15) is 0 Å². The van der Waals surface area contributed by atoms with Crippen LogP contribution in [-0.4, -0.2) is 16.0 Å². The molecule has 0 fully saturated rings. The highest BCUT2D eigenvalue weighted by atomic mass is 16.3. The average Bonchev–Trinajstić information content (AvgIpc) is 3.02. The number of carbonyl (C=O) groups excluding carboxylic acids is 1. The molecule has 1 aliphatic rings. The zero-order valence-electron chi connectivity index (χ0n) is 11.5. The summed E-state index contributed by atoms with van der Waals surface area (Å²) in [5.74, 6) is -0.406. The molecule has 4 rings (SSSR count). The van der Waals surface area contributed by atoms with E-state index in [-0.39, 0.29) is 0 Å². The smallest absolute Gasteiger partial charge is 0.265 e. The highest BCUT2D eigenvalue weighted by Gasteiger charge is 2.48. The van der Waals surface area contributed by atoms with Crippen molar-refractivity contribution in [3.05, 3.63) is 65.4 Å². The molecule has 1 amide bonds. The maximum Gasteiger partial charge on any atom is 0.265 e. The van der Waals surface area contributed by atoms with Crippen molar-refractivity contribution in [2.45, 2.75) is 12.5 Å². The fourth-order valence-corrected chi connectivity index (χ4v) is 3.10. The minimum Gasteiger partial charge on any atom is -0.372 e. The second kappa shape index (κ2) is 3.96. The zero-order chi connectivity index (χ0) is 14.6. The van der Waals surface area contributed by atoms with Crippen molar-refractivity contribution in [3.63, 3.8) is 0 Å². The van der Waals surface area contributed by atoms with Crippen molar-refractivity contribution in [1.82, 2.24) is 4.98 Å². The first-order chi connectivity index (χ1) is 10.1. The molecule has 1 atom stereocenters. The molecule has 104 valence electrons. The van der Waals surface area contributed by atoms with Crippen molar-refractivity contribution in [2.24, 2.45) is 0 Å². The van der Waals surface area contributed by atoms with E-state index in [0.717, 1.165) is 16.5 Å². The first kappa shape index (κ1) is 12.2. The number of aliphatic hydroxyl groups is 1. The van der Waals surface area contributed by atoms with Gasteiger partial charge in [-0.05, 0) is 18.6 Å². The Labute approximate surface area is 121 Å². The van der Waals surface area contributed by atoms with Crippen LogP contribution >= 0.6 is 0 Å². The summed E-state index contributed by atoms with van der Waals surface area (Å²) in [5, 5.41) is 14.8. The van der Waals surface area contributed by atoms with Crippen molar-refractivity contribution >= 4 is 22.5 Å². The third-order valence-electron chi connectivity index (χ3n) is 4.21. The van der Waals surface area contributed by atoms with Crippen LogP contribution in [0.1, 0.15) is 16.7 Å². The normalized spacial score (nSPS) is 20.6. The largest absolute Gasteiger partial charge is 0.372 e. The molecular formula is C17H14N2O2. The number of hydrogen-bond acceptors (Lipinski definition) is 2. The summed E-state index contributed by atoms with van der Waals surface area (Å²) in [6.45, 7) is 1.92. The molecule has 4 nitrogen and oxygen atoms in total. The number of nitrogens with one attached hydrogen (secondary N) is 2. The van der Waals surface area contributed by atoms with E-state index in [1.807, 2.05) is 43.3 Å². The maximum atomic E-state index is 12.5. The second-order valence-electron chi connectivity index (χ2n) is 5.41. The minimum absolute atomic E-state index is 0.406. The fourth-order valence-electron chi connectivity index (χ4n) is 3.10. The van der Waals surface area contributed by atoms with Crippen LogP contribution in [0.25, 0.3) is 10.9 Å². The van der Waals surface area contributed by atoms with Crippen molar-refractivity contribution in [1.29, 1.82) is 0 Å². The van der Waals surface area contributed by atoms with E-state index in [2.05, 4.69) is 10.3 Å². The lowest BCUT2D eigenvalue weighted by Crippen LogP contribution is -2.35. The van der Waals surface area contributed by atoms with E-state index >= 15 is 0 Å². The molecule has 3 aromatic rings. The molecular weight excluding hydrogens is 264 g/mol. The molecule has 0 bridgehead atoms. The van der Waals surface area contributed by atoms with Crippen LogP contribution in [0.4, 0.5) is 5.69 Å². The predicted octanol–water partition coefficient (Wildman–Crippen LogP) is 2.66. The summed E-state index contributed by atoms with van der Waals surface area (Å²) < 4.78 is 0. The lowest BCUT2D eigenvalue weighted by Gasteiger charge is -2.20. The van der Waals surface area contributed by atoms with E-state index in [9.17, 15) is 9.90 Å². The van der Waals surface area contributed by atoms with Crippen molar-refractivity contribution in [3.8, 4) is 0 Å². The molecule has 0 aliphatic carbocycles. The van der Waals surface area contributed by atoms with Crippen molar-refractivity contribution < 1.29 is 9.90 Å². The summed E-state index contributed by atoms with van der Waals surface area (Å²) in [5.41, 5.74) is 2.08. The zero-order valence-corrected chi connectivity index (χ0v) is 11.5. The van der Waals surface area contributed by atoms with Gasteiger partial charge in [0.15, 0.2) is 5.60 Å². The SMILES string of the molecule is Cc1cccc2c1NC(=O)[C@@]2(O)c1c[nH]c2ccccc12. The molecule has 0 saturated heterocycles. The van der Waals surface area contributed by atoms with Gasteiger partial charge in [0.1, 0.15) is 0 Å². The highest BCUT2D eigenvalue weighted by Crippen LogP contribution is 2.44. The topological polar surface area (TPSA) is 65.1 Å². The third-order valence-corrected chi connectivity index (χ3v) is 4.21. The number of benzene rings is 2. The first-order valence-electron chi connectivity index (χ1n) is 6.83. The number of aryl methyl sites for hydroxylation is 1. The van der Waals surface area contributed by atoms with E-state index in [1.165, 1.54) is 0 Å². The number of para-hydroxylation sites is 2. The Balaban J connectivity index is 2.04. The Morgan fingerprint density at radius 2 is 1.86 bits per heavy atom. The molecule has 4 heteroatoms. The monoisotopic (exact) mass is 278 g/mol. The Morgan fingerprint density at radius 3 is 2.71 bits per heavy atom. The van der Waals surface area contributed by atoms with Gasteiger partial charge in [-0.15, -0.1) is 0 Å². The van der Waals surface area contributed by atoms with Gasteiger partial charge in [-0.3, -0.25) is 4.79 Å². The lowest BCUT2D eigenvalue weighted by molar-refractivity contribution is -0.129. The first-order valence-corrected chi connectivity index (χ1v) is 6.83. The van der Waals surface area contributed by atoms with Gasteiger partial charge >= 0.3 is 0 Å². The molecule has 0 spiro atoms. The molecule has 0 unspecified atom stereocenters. The van der Waals surface area contributed by atoms with Gasteiger partial charge in [-0.1, -0.05) is 36.4 Å². The number of rotatable bonds is 1. The number of carbonyl (C=O) groups is 1. The quantitative estimate of drug-likeness (QED) is 0.640. The molecule has 21 heavy (non-hydrogen) atoms. The number of H-pyrrole nitrogens is 1. The van der Waals surface area contributed by atoms with Crippen molar-refractivity contribution in [2.75, 3.05) is 5.32 Å². The Kier molecular flexibility index (Phi) is 2.30. The van der Waals surface area contributed by atoms with Crippen LogP contribution in [0.3, 0.4) is 0 Å². The molecule has 0 saturated carbocycles. The lowest BCUT2D eigenvalue weighted by atomic mass is 9.86. The van der Waals surface area contributed by atoms with Crippen LogP contribution < -0.4 is 5.32 Å². The fraction of sp³-hybridized carbons (Fsp3) is 0.118. The number of fused-ring (bicyclic) bond motifs is 2. The van der Waals surface area contributed by atoms with Gasteiger partial charge in [-0.25, -0.2) is 0 Å². The second-order valence-corrected chi connectivity index (χ2v) is 5.41. The molecule has 0 radical (unpaired) electrons. The average molecular weight is 278 g/mol. The summed E-state index contributed by atoms with van der Waals surface area (Å²) in [6.07, 6.45) is 1.71. The summed E-state index contributed by atoms with van der Waals surface area (Å²) >= 11 is 0. The van der Waals surface area contributed by atoms with Gasteiger partial charge in [0.2, 0.25) is 0 Å². The molecule has 2 aromatic carbocycles. The standard InChI is InChI=1S/C17H14N2O2/c1-10-5-4-7-12-15(10)19-16(20)17(12,21)13-9-18-14-8-3-2-6-11(13)14/h2-9,18,21H,1H3,(H,19,20)/t17-/m0/s1. The van der Waals surface area contributed by atoms with E-state index < -0.39 is 11.5 Å². The molecule has 3 N–H and O–H groups in total. The van der Waals surface area contributed by atoms with Crippen LogP contribution in [0.2, 0.25) is 0 Å². The summed E-state index contributed by atoms with van der Waals surface area (Å²) in [4.78, 5) is 15.6. The van der Waals surface area contributed by atoms with Gasteiger partial charge < -0.3 is 15.4 Å². The number of hydrogen-bond donors (Lipinski definition) is 3. The van der Waals surface area contributed by atoms with Crippen LogP contribution in [0.15, 0.2) is 48.7 Å². The summed E-state index contributed by atoms with van der Waals surface area (Å²) in [6, 6.07) is 13.2. The van der Waals surface area contributed by atoms with Crippen LogP contribution in [0.5, 0.6) is 0 Å². The highest BCUT2D eigenvalue weighted by molar-refractivity contribution is 6.10. The van der Waals surface area contributed by atoms with Crippen LogP contribution in [0, 0.1) is 6.92 Å². The number of anilines is 1. The predicted molar refractivity (Wildman–Crippen MR) is 81.1 cm³/mol. The third kappa shape index (κ3) is 1.45. The van der Waals surface area contributed by atoms with Crippen LogP contribution in [-0.2, 0) is 10.4 Å². The number of aromatic amines is 1. The van der Waals surface area contributed by atoms with Gasteiger partial charge in [0.25, 0.3) is 5.91 Å². The Hall–Kier alpha value is -2.59. The van der Waals surface area contributed by atoms with Gasteiger partial charge in [0, 0.05) is 28.2 Å². The number of aromatic nitrogens is 1. The Morgan fingerprint density at radius 1 is 1.05 bits per heavy atom. The van der Waals surface area contributed by atoms with E-state index in [0.29, 0.717) is 16.8 Å². The molecule has 2 heterocycles. The Bertz CT molecular complexity index is 881. The van der Waals surface area contributed by atoms with E-state index in [4.69, 9.17) is 0 Å². The summed E-state index contributed by atoms with van der Waals surface area (Å²) in [7, 11) is 0. The van der Waals surface area contributed by atoms with Gasteiger partial charge in [0.05, 0.1) is 5.69 Å². The molecule has 1 aromatic heterocycles. The molecule has 1 aliphatic heterocycles. The maximum absolute atomic E-state index is 12.5. The van der Waals surface area contributed by atoms with E-state index in [1.54, 1.807) is 12.3 Å².